The standard InChI is InChI=1S/C14H21N3O/c15-9-11-4-3-7-17(11)13(18)12-8-14(10-16-12)5-1-2-6-14/h11-12,16H,1-8,10H2/t11-,12?/m0/s1. The van der Waals surface area contributed by atoms with Crippen LogP contribution in [-0.4, -0.2) is 36.0 Å². The lowest BCUT2D eigenvalue weighted by Crippen LogP contribution is -2.45. The lowest BCUT2D eigenvalue weighted by atomic mass is 9.83. The highest BCUT2D eigenvalue weighted by Crippen LogP contribution is 2.44. The first-order valence-corrected chi connectivity index (χ1v) is 7.18. The van der Waals surface area contributed by atoms with E-state index < -0.39 is 0 Å². The van der Waals surface area contributed by atoms with Crippen molar-refractivity contribution in [2.24, 2.45) is 5.41 Å². The largest absolute Gasteiger partial charge is 0.325 e. The maximum atomic E-state index is 12.5. The maximum Gasteiger partial charge on any atom is 0.240 e. The first kappa shape index (κ1) is 12.0. The summed E-state index contributed by atoms with van der Waals surface area (Å²) >= 11 is 0. The van der Waals surface area contributed by atoms with E-state index in [1.165, 1.54) is 25.7 Å². The van der Waals surface area contributed by atoms with E-state index in [1.54, 1.807) is 4.90 Å². The second-order valence-corrected chi connectivity index (χ2v) is 6.16. The summed E-state index contributed by atoms with van der Waals surface area (Å²) in [5.74, 6) is 0.169. The molecule has 2 aliphatic heterocycles. The second kappa shape index (κ2) is 4.55. The van der Waals surface area contributed by atoms with Gasteiger partial charge in [-0.15, -0.1) is 0 Å². The minimum absolute atomic E-state index is 0.0305. The summed E-state index contributed by atoms with van der Waals surface area (Å²) in [6, 6.07) is 2.05. The van der Waals surface area contributed by atoms with Crippen LogP contribution in [0, 0.1) is 16.7 Å². The summed E-state index contributed by atoms with van der Waals surface area (Å²) in [6.45, 7) is 1.76. The fourth-order valence-electron chi connectivity index (χ4n) is 3.96. The average Bonchev–Trinajstić information content (AvgIpc) is 3.11. The van der Waals surface area contributed by atoms with Crippen LogP contribution in [0.3, 0.4) is 0 Å². The molecular weight excluding hydrogens is 226 g/mol. The van der Waals surface area contributed by atoms with Gasteiger partial charge in [0.15, 0.2) is 0 Å². The van der Waals surface area contributed by atoms with E-state index in [9.17, 15) is 4.79 Å². The van der Waals surface area contributed by atoms with Crippen molar-refractivity contribution in [1.82, 2.24) is 10.2 Å². The molecule has 18 heavy (non-hydrogen) atoms. The Balaban J connectivity index is 1.66. The van der Waals surface area contributed by atoms with Crippen molar-refractivity contribution in [3.63, 3.8) is 0 Å². The van der Waals surface area contributed by atoms with Gasteiger partial charge < -0.3 is 10.2 Å². The van der Waals surface area contributed by atoms with E-state index in [0.29, 0.717) is 5.41 Å². The number of rotatable bonds is 1. The van der Waals surface area contributed by atoms with Crippen molar-refractivity contribution in [1.29, 1.82) is 5.26 Å². The Morgan fingerprint density at radius 2 is 2.11 bits per heavy atom. The quantitative estimate of drug-likeness (QED) is 0.762. The topological polar surface area (TPSA) is 56.1 Å². The van der Waals surface area contributed by atoms with Gasteiger partial charge in [0.05, 0.1) is 12.1 Å². The van der Waals surface area contributed by atoms with Crippen LogP contribution in [0.1, 0.15) is 44.9 Å². The second-order valence-electron chi connectivity index (χ2n) is 6.16. The summed E-state index contributed by atoms with van der Waals surface area (Å²) in [7, 11) is 0. The molecule has 3 aliphatic rings. The number of carbonyl (C=O) groups is 1. The number of nitriles is 1. The highest BCUT2D eigenvalue weighted by Gasteiger charge is 2.45. The lowest BCUT2D eigenvalue weighted by Gasteiger charge is -2.24. The molecule has 0 aromatic heterocycles. The fraction of sp³-hybridized carbons (Fsp3) is 0.857. The summed E-state index contributed by atoms with van der Waals surface area (Å²) < 4.78 is 0. The molecule has 4 nitrogen and oxygen atoms in total. The zero-order chi connectivity index (χ0) is 12.6. The number of likely N-dealkylation sites (tertiary alicyclic amines) is 1. The van der Waals surface area contributed by atoms with Crippen LogP contribution in [0.25, 0.3) is 0 Å². The molecule has 2 heterocycles. The Labute approximate surface area is 108 Å². The van der Waals surface area contributed by atoms with Gasteiger partial charge >= 0.3 is 0 Å². The van der Waals surface area contributed by atoms with Gasteiger partial charge in [-0.3, -0.25) is 4.79 Å². The predicted octanol–water partition coefficient (Wildman–Crippen LogP) is 1.42. The first-order chi connectivity index (χ1) is 8.74. The smallest absolute Gasteiger partial charge is 0.240 e. The Bertz CT molecular complexity index is 381. The minimum Gasteiger partial charge on any atom is -0.325 e. The normalized spacial score (nSPS) is 34.1. The van der Waals surface area contributed by atoms with E-state index in [-0.39, 0.29) is 18.0 Å². The van der Waals surface area contributed by atoms with Crippen molar-refractivity contribution in [2.45, 2.75) is 57.0 Å². The fourth-order valence-corrected chi connectivity index (χ4v) is 3.96. The summed E-state index contributed by atoms with van der Waals surface area (Å²) in [5, 5.41) is 12.5. The number of amides is 1. The van der Waals surface area contributed by atoms with Gasteiger partial charge in [-0.25, -0.2) is 0 Å². The van der Waals surface area contributed by atoms with E-state index in [2.05, 4.69) is 11.4 Å². The molecule has 2 atom stereocenters. The maximum absolute atomic E-state index is 12.5. The molecule has 1 unspecified atom stereocenters. The zero-order valence-corrected chi connectivity index (χ0v) is 10.8. The molecule has 0 bridgehead atoms. The molecular formula is C14H21N3O. The molecule has 0 aromatic carbocycles. The molecule has 4 heteroatoms. The van der Waals surface area contributed by atoms with Crippen LogP contribution in [0.15, 0.2) is 0 Å². The summed E-state index contributed by atoms with van der Waals surface area (Å²) in [6.07, 6.45) is 7.97. The summed E-state index contributed by atoms with van der Waals surface area (Å²) in [5.41, 5.74) is 0.391. The first-order valence-electron chi connectivity index (χ1n) is 7.18. The SMILES string of the molecule is N#C[C@@H]1CCCN1C(=O)C1CC2(CCCC2)CN1. The third-order valence-electron chi connectivity index (χ3n) is 5.01. The highest BCUT2D eigenvalue weighted by atomic mass is 16.2. The lowest BCUT2D eigenvalue weighted by molar-refractivity contribution is -0.133. The molecule has 1 spiro atoms. The van der Waals surface area contributed by atoms with Crippen molar-refractivity contribution >= 4 is 5.91 Å². The molecule has 0 radical (unpaired) electrons. The van der Waals surface area contributed by atoms with E-state index in [4.69, 9.17) is 5.26 Å². The van der Waals surface area contributed by atoms with Crippen LogP contribution < -0.4 is 5.32 Å². The van der Waals surface area contributed by atoms with Crippen LogP contribution in [0.2, 0.25) is 0 Å². The van der Waals surface area contributed by atoms with Crippen LogP contribution in [0.4, 0.5) is 0 Å². The third kappa shape index (κ3) is 1.91. The average molecular weight is 247 g/mol. The number of nitrogens with one attached hydrogen (secondary N) is 1. The number of hydrogen-bond donors (Lipinski definition) is 1. The number of carbonyl (C=O) groups excluding carboxylic acids is 1. The molecule has 98 valence electrons. The Morgan fingerprint density at radius 3 is 2.83 bits per heavy atom. The van der Waals surface area contributed by atoms with Crippen molar-refractivity contribution in [3.8, 4) is 6.07 Å². The Hall–Kier alpha value is -1.08. The van der Waals surface area contributed by atoms with E-state index in [1.807, 2.05) is 0 Å². The Kier molecular flexibility index (Phi) is 3.03. The number of nitrogens with zero attached hydrogens (tertiary/aromatic N) is 2. The minimum atomic E-state index is -0.181. The molecule has 1 aliphatic carbocycles. The van der Waals surface area contributed by atoms with Crippen molar-refractivity contribution in [2.75, 3.05) is 13.1 Å². The Morgan fingerprint density at radius 1 is 1.33 bits per heavy atom. The molecule has 1 amide bonds. The van der Waals surface area contributed by atoms with Gasteiger partial charge in [0.25, 0.3) is 0 Å². The van der Waals surface area contributed by atoms with E-state index in [0.717, 1.165) is 32.4 Å². The van der Waals surface area contributed by atoms with Gasteiger partial charge in [0.1, 0.15) is 6.04 Å². The van der Waals surface area contributed by atoms with Crippen molar-refractivity contribution < 1.29 is 4.79 Å². The molecule has 2 saturated heterocycles. The van der Waals surface area contributed by atoms with E-state index >= 15 is 0 Å². The highest BCUT2D eigenvalue weighted by molar-refractivity contribution is 5.83. The predicted molar refractivity (Wildman–Crippen MR) is 67.7 cm³/mol. The van der Waals surface area contributed by atoms with Gasteiger partial charge in [-0.2, -0.15) is 5.26 Å². The molecule has 3 fully saturated rings. The van der Waals surface area contributed by atoms with Crippen LogP contribution in [0.5, 0.6) is 0 Å². The van der Waals surface area contributed by atoms with Gasteiger partial charge in [-0.05, 0) is 37.5 Å². The van der Waals surface area contributed by atoms with Gasteiger partial charge in [0.2, 0.25) is 5.91 Å². The summed E-state index contributed by atoms with van der Waals surface area (Å²) in [4.78, 5) is 14.3. The molecule has 3 rings (SSSR count). The molecule has 1 N–H and O–H groups in total. The zero-order valence-electron chi connectivity index (χ0n) is 10.8. The van der Waals surface area contributed by atoms with Crippen LogP contribution >= 0.6 is 0 Å². The van der Waals surface area contributed by atoms with Gasteiger partial charge in [0, 0.05) is 13.1 Å². The third-order valence-corrected chi connectivity index (χ3v) is 5.01. The molecule has 0 aromatic rings. The van der Waals surface area contributed by atoms with Gasteiger partial charge in [-0.1, -0.05) is 12.8 Å². The number of hydrogen-bond acceptors (Lipinski definition) is 3. The molecule has 1 saturated carbocycles. The van der Waals surface area contributed by atoms with Crippen molar-refractivity contribution in [3.05, 3.63) is 0 Å². The monoisotopic (exact) mass is 247 g/mol. The van der Waals surface area contributed by atoms with Crippen LogP contribution in [-0.2, 0) is 4.79 Å².